The van der Waals surface area contributed by atoms with Crippen LogP contribution in [0.1, 0.15) is 27.0 Å². The number of nitrogens with two attached hydrogens (primary N) is 1. The van der Waals surface area contributed by atoms with Crippen LogP contribution in [0.3, 0.4) is 0 Å². The Kier molecular flexibility index (Phi) is 6.37. The molecule has 0 aliphatic heterocycles. The molecule has 3 N–H and O–H groups in total. The first-order chi connectivity index (χ1) is 15.2. The van der Waals surface area contributed by atoms with E-state index in [0.29, 0.717) is 22.8 Å². The van der Waals surface area contributed by atoms with Crippen LogP contribution in [0.25, 0.3) is 11.1 Å². The van der Waals surface area contributed by atoms with Gasteiger partial charge in [-0.05, 0) is 52.9 Å². The smallest absolute Gasteiger partial charge is 0.255 e. The minimum atomic E-state index is -0.123. The number of carbonyl (C=O) groups is 1. The Morgan fingerprint density at radius 3 is 2.38 bits per heavy atom. The molecule has 0 spiro atoms. The average Bonchev–Trinajstić information content (AvgIpc) is 3.18. The molecule has 32 heavy (non-hydrogen) atoms. The van der Waals surface area contributed by atoms with Crippen molar-refractivity contribution in [1.82, 2.24) is 0 Å². The van der Waals surface area contributed by atoms with Crippen LogP contribution in [-0.4, -0.2) is 11.7 Å². The standard InChI is InChI=1S/C27H21N3O.HI/c28-26(18-8-2-1-3-9-18)29-20-11-6-12-21(17-20)30-27(31)24-15-7-14-23-22-13-5-4-10-19(22)16-25(23)24;/h1-15,17H,16H2,(H2,28,29)(H,30,31);1H. The van der Waals surface area contributed by atoms with Crippen LogP contribution >= 0.6 is 24.0 Å². The van der Waals surface area contributed by atoms with Gasteiger partial charge in [-0.25, -0.2) is 4.99 Å². The Morgan fingerprint density at radius 2 is 1.53 bits per heavy atom. The van der Waals surface area contributed by atoms with Gasteiger partial charge in [0, 0.05) is 16.8 Å². The van der Waals surface area contributed by atoms with Gasteiger partial charge in [0.25, 0.3) is 5.91 Å². The molecule has 0 heterocycles. The van der Waals surface area contributed by atoms with E-state index in [4.69, 9.17) is 5.73 Å². The molecule has 0 saturated carbocycles. The van der Waals surface area contributed by atoms with Gasteiger partial charge in [-0.1, -0.05) is 72.8 Å². The molecule has 0 unspecified atom stereocenters. The fraction of sp³-hybridized carbons (Fsp3) is 0.0370. The molecule has 5 heteroatoms. The summed E-state index contributed by atoms with van der Waals surface area (Å²) in [6.45, 7) is 0. The molecule has 4 aromatic carbocycles. The van der Waals surface area contributed by atoms with E-state index in [-0.39, 0.29) is 29.9 Å². The van der Waals surface area contributed by atoms with E-state index >= 15 is 0 Å². The maximum atomic E-state index is 13.1. The lowest BCUT2D eigenvalue weighted by molar-refractivity contribution is 0.102. The van der Waals surface area contributed by atoms with Crippen LogP contribution in [0.15, 0.2) is 102 Å². The molecule has 1 aliphatic rings. The molecule has 4 nitrogen and oxygen atoms in total. The number of nitrogens with one attached hydrogen (secondary N) is 1. The zero-order chi connectivity index (χ0) is 21.2. The summed E-state index contributed by atoms with van der Waals surface area (Å²) in [6, 6.07) is 31.2. The molecule has 5 rings (SSSR count). The highest BCUT2D eigenvalue weighted by Gasteiger charge is 2.23. The molecule has 0 atom stereocenters. The number of halogens is 1. The first kappa shape index (κ1) is 21.8. The molecule has 1 amide bonds. The van der Waals surface area contributed by atoms with Gasteiger partial charge in [0.1, 0.15) is 5.84 Å². The Balaban J connectivity index is 0.00000245. The van der Waals surface area contributed by atoms with Crippen molar-refractivity contribution < 1.29 is 4.79 Å². The fourth-order valence-corrected chi connectivity index (χ4v) is 4.03. The van der Waals surface area contributed by atoms with Crippen LogP contribution in [0, 0.1) is 0 Å². The van der Waals surface area contributed by atoms with Crippen molar-refractivity contribution in [2.24, 2.45) is 10.7 Å². The number of fused-ring (bicyclic) bond motifs is 3. The van der Waals surface area contributed by atoms with E-state index in [2.05, 4.69) is 28.5 Å². The Morgan fingerprint density at radius 1 is 0.812 bits per heavy atom. The van der Waals surface area contributed by atoms with Gasteiger partial charge in [-0.3, -0.25) is 4.79 Å². The molecule has 0 aromatic heterocycles. The van der Waals surface area contributed by atoms with Crippen molar-refractivity contribution in [1.29, 1.82) is 0 Å². The number of hydrogen-bond acceptors (Lipinski definition) is 2. The number of rotatable bonds is 4. The molecule has 0 fully saturated rings. The summed E-state index contributed by atoms with van der Waals surface area (Å²) in [4.78, 5) is 17.6. The third kappa shape index (κ3) is 4.29. The monoisotopic (exact) mass is 531 g/mol. The predicted molar refractivity (Wildman–Crippen MR) is 141 cm³/mol. The highest BCUT2D eigenvalue weighted by Crippen LogP contribution is 2.38. The topological polar surface area (TPSA) is 67.5 Å². The third-order valence-electron chi connectivity index (χ3n) is 5.52. The van der Waals surface area contributed by atoms with Gasteiger partial charge in [0.05, 0.1) is 5.69 Å². The fourth-order valence-electron chi connectivity index (χ4n) is 4.03. The number of benzene rings is 4. The van der Waals surface area contributed by atoms with Crippen molar-refractivity contribution in [3.8, 4) is 11.1 Å². The third-order valence-corrected chi connectivity index (χ3v) is 5.52. The maximum absolute atomic E-state index is 13.1. The lowest BCUT2D eigenvalue weighted by Crippen LogP contribution is -2.14. The summed E-state index contributed by atoms with van der Waals surface area (Å²) in [5.41, 5.74) is 13.7. The predicted octanol–water partition coefficient (Wildman–Crippen LogP) is 6.17. The van der Waals surface area contributed by atoms with E-state index in [0.717, 1.165) is 23.1 Å². The zero-order valence-corrected chi connectivity index (χ0v) is 19.6. The van der Waals surface area contributed by atoms with Crippen molar-refractivity contribution >= 4 is 47.1 Å². The number of carbonyl (C=O) groups excluding carboxylic acids is 1. The van der Waals surface area contributed by atoms with Crippen molar-refractivity contribution in [2.45, 2.75) is 6.42 Å². The SMILES string of the molecule is I.NC(=Nc1cccc(NC(=O)c2cccc3c2Cc2ccccc2-3)c1)c1ccccc1. The lowest BCUT2D eigenvalue weighted by Gasteiger charge is -2.10. The minimum absolute atomic E-state index is 0. The Hall–Kier alpha value is -3.45. The number of anilines is 1. The summed E-state index contributed by atoms with van der Waals surface area (Å²) < 4.78 is 0. The van der Waals surface area contributed by atoms with Crippen LogP contribution in [0.4, 0.5) is 11.4 Å². The summed E-state index contributed by atoms with van der Waals surface area (Å²) in [7, 11) is 0. The quantitative estimate of drug-likeness (QED) is 0.166. The van der Waals surface area contributed by atoms with Crippen molar-refractivity contribution in [2.75, 3.05) is 5.32 Å². The van der Waals surface area contributed by atoms with E-state index in [1.165, 1.54) is 11.1 Å². The second-order valence-electron chi connectivity index (χ2n) is 7.53. The van der Waals surface area contributed by atoms with Crippen LogP contribution < -0.4 is 11.1 Å². The summed E-state index contributed by atoms with van der Waals surface area (Å²) in [5, 5.41) is 3.02. The molecule has 0 radical (unpaired) electrons. The highest BCUT2D eigenvalue weighted by molar-refractivity contribution is 14.0. The van der Waals surface area contributed by atoms with Crippen LogP contribution in [0.5, 0.6) is 0 Å². The first-order valence-electron chi connectivity index (χ1n) is 10.2. The van der Waals surface area contributed by atoms with Gasteiger partial charge in [-0.15, -0.1) is 24.0 Å². The maximum Gasteiger partial charge on any atom is 0.255 e. The molecule has 1 aliphatic carbocycles. The van der Waals surface area contributed by atoms with Gasteiger partial charge in [-0.2, -0.15) is 0 Å². The number of nitrogens with zero attached hydrogens (tertiary/aromatic N) is 1. The van der Waals surface area contributed by atoms with Crippen LogP contribution in [0.2, 0.25) is 0 Å². The normalized spacial score (nSPS) is 11.8. The highest BCUT2D eigenvalue weighted by atomic mass is 127. The number of hydrogen-bond donors (Lipinski definition) is 2. The van der Waals surface area contributed by atoms with Gasteiger partial charge in [0.2, 0.25) is 0 Å². The molecule has 0 saturated heterocycles. The average molecular weight is 531 g/mol. The van der Waals surface area contributed by atoms with Gasteiger partial charge in [0.15, 0.2) is 0 Å². The molecular weight excluding hydrogens is 509 g/mol. The molecule has 0 bridgehead atoms. The zero-order valence-electron chi connectivity index (χ0n) is 17.3. The summed E-state index contributed by atoms with van der Waals surface area (Å²) >= 11 is 0. The van der Waals surface area contributed by atoms with Crippen molar-refractivity contribution in [3.63, 3.8) is 0 Å². The number of amidine groups is 1. The van der Waals surface area contributed by atoms with E-state index < -0.39 is 0 Å². The first-order valence-corrected chi connectivity index (χ1v) is 10.2. The lowest BCUT2D eigenvalue weighted by atomic mass is 10.0. The second kappa shape index (κ2) is 9.36. The Labute approximate surface area is 204 Å². The largest absolute Gasteiger partial charge is 0.383 e. The Bertz CT molecular complexity index is 1320. The summed E-state index contributed by atoms with van der Waals surface area (Å²) in [6.07, 6.45) is 0.771. The number of amides is 1. The van der Waals surface area contributed by atoms with Crippen LogP contribution in [-0.2, 0) is 6.42 Å². The van der Waals surface area contributed by atoms with E-state index in [1.54, 1.807) is 0 Å². The minimum Gasteiger partial charge on any atom is -0.383 e. The number of aliphatic imine (C=N–C) groups is 1. The summed E-state index contributed by atoms with van der Waals surface area (Å²) in [5.74, 6) is 0.310. The van der Waals surface area contributed by atoms with Gasteiger partial charge < -0.3 is 11.1 Å². The molecule has 4 aromatic rings. The van der Waals surface area contributed by atoms with E-state index in [1.807, 2.05) is 78.9 Å². The van der Waals surface area contributed by atoms with Gasteiger partial charge >= 0.3 is 0 Å². The van der Waals surface area contributed by atoms with E-state index in [9.17, 15) is 4.79 Å². The molecule has 158 valence electrons. The molecular formula is C27H22IN3O. The second-order valence-corrected chi connectivity index (χ2v) is 7.53. The van der Waals surface area contributed by atoms with Crippen molar-refractivity contribution in [3.05, 3.63) is 119 Å².